The lowest BCUT2D eigenvalue weighted by Crippen LogP contribution is -2.28. The van der Waals surface area contributed by atoms with Crippen molar-refractivity contribution in [2.75, 3.05) is 5.32 Å². The molecule has 5 nitrogen and oxygen atoms in total. The first-order valence-electron chi connectivity index (χ1n) is 7.48. The first-order chi connectivity index (χ1) is 10.9. The first-order valence-corrected chi connectivity index (χ1v) is 7.07. The Labute approximate surface area is 130 Å². The molecular formula is C17H19NO4. The molecule has 2 N–H and O–H groups in total. The highest BCUT2D eigenvalue weighted by Crippen LogP contribution is 2.33. The minimum Gasteiger partial charge on any atom is -0.465 e. The third-order valence-corrected chi connectivity index (χ3v) is 3.76. The van der Waals surface area contributed by atoms with E-state index in [-0.39, 0.29) is 5.97 Å². The zero-order chi connectivity index (χ0) is 17.0. The SMILES string of the molecule is [3H]OC(=O)Nc1ccc(OC(=O)C(C)(C)CC)c2ccccc12. The van der Waals surface area contributed by atoms with Crippen molar-refractivity contribution in [1.82, 2.24) is 0 Å². The van der Waals surface area contributed by atoms with Crippen molar-refractivity contribution >= 4 is 28.5 Å². The number of hydrogen-bond donors (Lipinski definition) is 2. The van der Waals surface area contributed by atoms with E-state index in [4.69, 9.17) is 6.17 Å². The van der Waals surface area contributed by atoms with Gasteiger partial charge in [-0.15, -0.1) is 0 Å². The van der Waals surface area contributed by atoms with Gasteiger partial charge < -0.3 is 9.85 Å². The van der Waals surface area contributed by atoms with E-state index in [1.165, 1.54) is 0 Å². The number of hydrogen-bond acceptors (Lipinski definition) is 4. The molecule has 2 rings (SSSR count). The summed E-state index contributed by atoms with van der Waals surface area (Å²) in [5.74, 6) is 0.119. The van der Waals surface area contributed by atoms with Crippen molar-refractivity contribution in [2.24, 2.45) is 5.41 Å². The zero-order valence-electron chi connectivity index (χ0n) is 13.8. The van der Waals surface area contributed by atoms with Crippen molar-refractivity contribution in [2.45, 2.75) is 27.2 Å². The molecule has 0 radical (unpaired) electrons. The van der Waals surface area contributed by atoms with Crippen molar-refractivity contribution in [3.63, 3.8) is 0 Å². The van der Waals surface area contributed by atoms with Crippen LogP contribution in [0.15, 0.2) is 36.4 Å². The number of fused-ring (bicyclic) bond motifs is 1. The third-order valence-electron chi connectivity index (χ3n) is 3.76. The van der Waals surface area contributed by atoms with E-state index >= 15 is 0 Å². The number of carbonyl (C=O) groups excluding carboxylic acids is 1. The average Bonchev–Trinajstić information content (AvgIpc) is 2.56. The Morgan fingerprint density at radius 1 is 1.23 bits per heavy atom. The topological polar surface area (TPSA) is 75.6 Å². The normalized spacial score (nSPS) is 11.7. The molecule has 0 bridgehead atoms. The molecule has 116 valence electrons. The fourth-order valence-corrected chi connectivity index (χ4v) is 1.96. The maximum absolute atomic E-state index is 12.3. The summed E-state index contributed by atoms with van der Waals surface area (Å²) in [6.07, 6.45) is -0.217. The molecule has 2 aromatic rings. The Bertz CT molecular complexity index is 742. The molecule has 0 heterocycles. The van der Waals surface area contributed by atoms with E-state index < -0.39 is 11.5 Å². The number of rotatable bonds is 4. The molecule has 2 aromatic carbocycles. The van der Waals surface area contributed by atoms with Crippen LogP contribution < -0.4 is 10.1 Å². The molecule has 5 heteroatoms. The van der Waals surface area contributed by atoms with Gasteiger partial charge in [-0.25, -0.2) is 4.79 Å². The Hall–Kier alpha value is -2.56. The van der Waals surface area contributed by atoms with Gasteiger partial charge in [0, 0.05) is 10.8 Å². The quantitative estimate of drug-likeness (QED) is 0.653. The fraction of sp³-hybridized carbons (Fsp3) is 0.294. The van der Waals surface area contributed by atoms with Crippen LogP contribution in [0.25, 0.3) is 12.2 Å². The molecule has 0 unspecified atom stereocenters. The molecule has 0 aromatic heterocycles. The van der Waals surface area contributed by atoms with E-state index in [9.17, 15) is 9.59 Å². The summed E-state index contributed by atoms with van der Waals surface area (Å²) in [5, 5.41) is 7.72. The molecule has 0 atom stereocenters. The fourth-order valence-electron chi connectivity index (χ4n) is 1.96. The molecular weight excluding hydrogens is 282 g/mol. The highest BCUT2D eigenvalue weighted by Gasteiger charge is 2.28. The number of amides is 1. The van der Waals surface area contributed by atoms with Crippen molar-refractivity contribution in [3.8, 4) is 5.75 Å². The van der Waals surface area contributed by atoms with Gasteiger partial charge in [0.15, 0.2) is 0 Å². The minimum atomic E-state index is -0.882. The summed E-state index contributed by atoms with van der Waals surface area (Å²) in [6, 6.07) is 10.4. The van der Waals surface area contributed by atoms with Gasteiger partial charge in [0.2, 0.25) is 0 Å². The van der Waals surface area contributed by atoms with E-state index in [1.54, 1.807) is 30.3 Å². The van der Waals surface area contributed by atoms with Crippen molar-refractivity contribution in [1.29, 1.82) is 1.43 Å². The highest BCUT2D eigenvalue weighted by atomic mass is 16.5. The summed E-state index contributed by atoms with van der Waals surface area (Å²) in [4.78, 5) is 23.5. The number of nitrogens with one attached hydrogen (secondary N) is 1. The lowest BCUT2D eigenvalue weighted by Gasteiger charge is -2.21. The second kappa shape index (κ2) is 6.05. The second-order valence-electron chi connectivity index (χ2n) is 5.70. The molecule has 0 aliphatic heterocycles. The Morgan fingerprint density at radius 2 is 1.91 bits per heavy atom. The summed E-state index contributed by atoms with van der Waals surface area (Å²) < 4.78 is 12.2. The maximum Gasteiger partial charge on any atom is 0.409 e. The van der Waals surface area contributed by atoms with Gasteiger partial charge in [-0.3, -0.25) is 10.1 Å². The molecule has 1 amide bonds. The monoisotopic (exact) mass is 303 g/mol. The van der Waals surface area contributed by atoms with Crippen LogP contribution >= 0.6 is 0 Å². The largest absolute Gasteiger partial charge is 0.465 e. The molecule has 0 saturated heterocycles. The lowest BCUT2D eigenvalue weighted by molar-refractivity contribution is -0.144. The number of benzene rings is 2. The number of carbonyl (C=O) groups is 2. The van der Waals surface area contributed by atoms with Gasteiger partial charge in [0.1, 0.15) is 5.75 Å². The van der Waals surface area contributed by atoms with E-state index in [0.717, 1.165) is 0 Å². The van der Waals surface area contributed by atoms with Gasteiger partial charge in [-0.1, -0.05) is 31.2 Å². The van der Waals surface area contributed by atoms with Gasteiger partial charge in [-0.2, -0.15) is 0 Å². The highest BCUT2D eigenvalue weighted by molar-refractivity contribution is 6.03. The van der Waals surface area contributed by atoms with E-state index in [0.29, 0.717) is 28.6 Å². The average molecular weight is 303 g/mol. The molecule has 0 spiro atoms. The predicted octanol–water partition coefficient (Wildman–Crippen LogP) is 4.27. The van der Waals surface area contributed by atoms with Crippen LogP contribution in [0.1, 0.15) is 27.2 Å². The Kier molecular flexibility index (Phi) is 3.96. The van der Waals surface area contributed by atoms with Crippen LogP contribution in [-0.4, -0.2) is 17.2 Å². The van der Waals surface area contributed by atoms with Gasteiger partial charge in [-0.05, 0) is 32.4 Å². The van der Waals surface area contributed by atoms with E-state index in [2.05, 4.69) is 10.4 Å². The van der Waals surface area contributed by atoms with E-state index in [1.807, 2.05) is 26.8 Å². The van der Waals surface area contributed by atoms with Crippen LogP contribution in [0.2, 0.25) is 0 Å². The van der Waals surface area contributed by atoms with Crippen LogP contribution in [0.5, 0.6) is 5.75 Å². The molecule has 0 saturated carbocycles. The molecule has 0 fully saturated rings. The van der Waals surface area contributed by atoms with Crippen LogP contribution in [0.4, 0.5) is 10.5 Å². The van der Waals surface area contributed by atoms with Crippen molar-refractivity contribution in [3.05, 3.63) is 36.4 Å². The smallest absolute Gasteiger partial charge is 0.409 e. The molecule has 0 aliphatic rings. The number of ether oxygens (including phenoxy) is 1. The summed E-state index contributed by atoms with van der Waals surface area (Å²) >= 11 is 0. The number of anilines is 1. The third kappa shape index (κ3) is 3.19. The van der Waals surface area contributed by atoms with Crippen LogP contribution in [0, 0.1) is 5.41 Å². The lowest BCUT2D eigenvalue weighted by atomic mass is 9.90. The maximum atomic E-state index is 12.3. The van der Waals surface area contributed by atoms with Crippen LogP contribution in [0.3, 0.4) is 0 Å². The van der Waals surface area contributed by atoms with Gasteiger partial charge in [0.05, 0.1) is 11.1 Å². The minimum absolute atomic E-state index is 0.309. The molecule has 22 heavy (non-hydrogen) atoms. The predicted molar refractivity (Wildman–Crippen MR) is 85.3 cm³/mol. The number of carboxylic acid groups (broad SMARTS) is 1. The summed E-state index contributed by atoms with van der Waals surface area (Å²) in [7, 11) is 0. The van der Waals surface area contributed by atoms with Gasteiger partial charge in [0.25, 0.3) is 1.43 Å². The summed E-state index contributed by atoms with van der Waals surface area (Å²) in [5.41, 5.74) is -0.0973. The Morgan fingerprint density at radius 3 is 2.55 bits per heavy atom. The zero-order valence-corrected chi connectivity index (χ0v) is 12.8. The van der Waals surface area contributed by atoms with Crippen LogP contribution in [-0.2, 0) is 4.79 Å². The first kappa shape index (κ1) is 14.4. The van der Waals surface area contributed by atoms with Crippen molar-refractivity contribution < 1.29 is 19.4 Å². The van der Waals surface area contributed by atoms with Gasteiger partial charge >= 0.3 is 12.1 Å². The second-order valence-corrected chi connectivity index (χ2v) is 5.70. The Balaban J connectivity index is 2.42. The molecule has 0 aliphatic carbocycles. The number of esters is 1. The standard InChI is InChI=1S/C17H19NO4/c1-4-17(2,3)15(19)22-14-10-9-13(18-16(20)21)11-7-5-6-8-12(11)14/h5-10,18H,4H2,1-3H3,(H,20,21)/i/hT. The summed E-state index contributed by atoms with van der Waals surface area (Å²) in [6.45, 7) is 5.59.